The molecule has 1 nitrogen and oxygen atoms in total. The van der Waals surface area contributed by atoms with Crippen molar-refractivity contribution in [2.24, 2.45) is 5.92 Å². The normalized spacial score (nSPS) is 25.5. The summed E-state index contributed by atoms with van der Waals surface area (Å²) in [6, 6.07) is 8.84. The fourth-order valence-corrected chi connectivity index (χ4v) is 2.97. The van der Waals surface area contributed by atoms with E-state index < -0.39 is 0 Å². The van der Waals surface area contributed by atoms with E-state index in [0.717, 1.165) is 19.4 Å². The first-order chi connectivity index (χ1) is 8.94. The zero-order valence-electron chi connectivity index (χ0n) is 12.4. The van der Waals surface area contributed by atoms with Crippen molar-refractivity contribution in [2.45, 2.75) is 57.4 Å². The van der Waals surface area contributed by atoms with Crippen molar-refractivity contribution in [3.05, 3.63) is 35.4 Å². The molecule has 0 saturated carbocycles. The number of alkyl halides is 1. The molecule has 0 N–H and O–H groups in total. The van der Waals surface area contributed by atoms with Crippen molar-refractivity contribution >= 4 is 11.6 Å². The molecule has 3 unspecified atom stereocenters. The maximum atomic E-state index is 6.60. The Morgan fingerprint density at radius 3 is 2.42 bits per heavy atom. The Labute approximate surface area is 122 Å². The molecule has 0 amide bonds. The highest BCUT2D eigenvalue weighted by Gasteiger charge is 2.29. The van der Waals surface area contributed by atoms with Gasteiger partial charge in [0.15, 0.2) is 0 Å². The summed E-state index contributed by atoms with van der Waals surface area (Å²) in [7, 11) is 0. The number of hydrogen-bond donors (Lipinski definition) is 0. The Bertz CT molecular complexity index is 410. The van der Waals surface area contributed by atoms with Gasteiger partial charge in [0.1, 0.15) is 0 Å². The second kappa shape index (κ2) is 5.85. The van der Waals surface area contributed by atoms with Crippen molar-refractivity contribution in [3.63, 3.8) is 0 Å². The third-order valence-electron chi connectivity index (χ3n) is 4.54. The van der Waals surface area contributed by atoms with Crippen LogP contribution in [0, 0.1) is 5.92 Å². The average molecular weight is 281 g/mol. The molecule has 3 atom stereocenters. The molecule has 1 aliphatic heterocycles. The predicted molar refractivity (Wildman–Crippen MR) is 81.9 cm³/mol. The van der Waals surface area contributed by atoms with Crippen molar-refractivity contribution < 1.29 is 4.74 Å². The van der Waals surface area contributed by atoms with E-state index in [2.05, 4.69) is 52.0 Å². The van der Waals surface area contributed by atoms with Gasteiger partial charge in [0.05, 0.1) is 18.1 Å². The molecule has 0 spiro atoms. The number of halogens is 1. The molecule has 1 fully saturated rings. The van der Waals surface area contributed by atoms with E-state index in [1.165, 1.54) is 11.1 Å². The smallest absolute Gasteiger partial charge is 0.0636 e. The van der Waals surface area contributed by atoms with Crippen molar-refractivity contribution in [1.29, 1.82) is 0 Å². The van der Waals surface area contributed by atoms with Crippen LogP contribution in [0.15, 0.2) is 24.3 Å². The molecular weight excluding hydrogens is 256 g/mol. The van der Waals surface area contributed by atoms with Crippen molar-refractivity contribution in [1.82, 2.24) is 0 Å². The fourth-order valence-electron chi connectivity index (χ4n) is 2.65. The lowest BCUT2D eigenvalue weighted by Crippen LogP contribution is -2.15. The third kappa shape index (κ3) is 3.32. The van der Waals surface area contributed by atoms with E-state index in [1.807, 2.05) is 0 Å². The van der Waals surface area contributed by atoms with Crippen molar-refractivity contribution in [2.75, 3.05) is 6.61 Å². The van der Waals surface area contributed by atoms with E-state index in [1.54, 1.807) is 0 Å². The van der Waals surface area contributed by atoms with Gasteiger partial charge in [-0.25, -0.2) is 0 Å². The van der Waals surface area contributed by atoms with Gasteiger partial charge in [-0.3, -0.25) is 0 Å². The molecule has 1 aromatic rings. The lowest BCUT2D eigenvalue weighted by atomic mass is 9.81. The Morgan fingerprint density at radius 1 is 1.32 bits per heavy atom. The van der Waals surface area contributed by atoms with Gasteiger partial charge in [-0.1, -0.05) is 45.0 Å². The van der Waals surface area contributed by atoms with Gasteiger partial charge in [0.2, 0.25) is 0 Å². The molecule has 0 radical (unpaired) electrons. The quantitative estimate of drug-likeness (QED) is 0.699. The molecule has 0 aliphatic carbocycles. The number of ether oxygens (including phenoxy) is 1. The Kier molecular flexibility index (Phi) is 4.58. The van der Waals surface area contributed by atoms with Gasteiger partial charge in [-0.2, -0.15) is 0 Å². The summed E-state index contributed by atoms with van der Waals surface area (Å²) in [5.41, 5.74) is 2.85. The second-order valence-corrected chi connectivity index (χ2v) is 6.87. The van der Waals surface area contributed by atoms with Gasteiger partial charge in [0, 0.05) is 5.92 Å². The van der Waals surface area contributed by atoms with Crippen molar-refractivity contribution in [3.8, 4) is 0 Å². The zero-order valence-corrected chi connectivity index (χ0v) is 13.2. The van der Waals surface area contributed by atoms with Crippen LogP contribution >= 0.6 is 11.6 Å². The molecule has 2 heteroatoms. The van der Waals surface area contributed by atoms with Crippen LogP contribution < -0.4 is 0 Å². The standard InChI is InChI=1S/C17H25ClO/c1-5-17(3,4)15-8-6-13(7-9-15)16(18)14-10-12(2)19-11-14/h6-9,12,14,16H,5,10-11H2,1-4H3. The Balaban J connectivity index is 2.10. The van der Waals surface area contributed by atoms with Crippen LogP contribution in [0.25, 0.3) is 0 Å². The molecule has 1 heterocycles. The lowest BCUT2D eigenvalue weighted by Gasteiger charge is -2.24. The van der Waals surface area contributed by atoms with Gasteiger partial charge in [-0.05, 0) is 36.3 Å². The SMILES string of the molecule is CCC(C)(C)c1ccc(C(Cl)C2COC(C)C2)cc1. The number of benzene rings is 1. The van der Waals surface area contributed by atoms with E-state index in [0.29, 0.717) is 12.0 Å². The minimum Gasteiger partial charge on any atom is -0.378 e. The van der Waals surface area contributed by atoms with Gasteiger partial charge in [0.25, 0.3) is 0 Å². The maximum absolute atomic E-state index is 6.60. The van der Waals surface area contributed by atoms with Crippen LogP contribution in [-0.4, -0.2) is 12.7 Å². The zero-order chi connectivity index (χ0) is 14.0. The summed E-state index contributed by atoms with van der Waals surface area (Å²) in [6.07, 6.45) is 2.56. The maximum Gasteiger partial charge on any atom is 0.0636 e. The summed E-state index contributed by atoms with van der Waals surface area (Å²) < 4.78 is 5.62. The van der Waals surface area contributed by atoms with Crippen LogP contribution in [0.5, 0.6) is 0 Å². The van der Waals surface area contributed by atoms with Gasteiger partial charge < -0.3 is 4.74 Å². The largest absolute Gasteiger partial charge is 0.378 e. The molecule has 0 bridgehead atoms. The summed E-state index contributed by atoms with van der Waals surface area (Å²) in [5.74, 6) is 0.446. The highest BCUT2D eigenvalue weighted by molar-refractivity contribution is 6.21. The van der Waals surface area contributed by atoms with Crippen LogP contribution in [0.2, 0.25) is 0 Å². The monoisotopic (exact) mass is 280 g/mol. The molecule has 106 valence electrons. The van der Waals surface area contributed by atoms with Gasteiger partial charge >= 0.3 is 0 Å². The van der Waals surface area contributed by atoms with E-state index in [-0.39, 0.29) is 10.8 Å². The minimum absolute atomic E-state index is 0.0729. The molecule has 1 aromatic carbocycles. The predicted octanol–water partition coefficient (Wildman–Crippen LogP) is 5.08. The Morgan fingerprint density at radius 2 is 1.95 bits per heavy atom. The highest BCUT2D eigenvalue weighted by atomic mass is 35.5. The molecule has 0 aromatic heterocycles. The third-order valence-corrected chi connectivity index (χ3v) is 5.15. The number of rotatable bonds is 4. The lowest BCUT2D eigenvalue weighted by molar-refractivity contribution is 0.120. The summed E-state index contributed by atoms with van der Waals surface area (Å²) in [5, 5.41) is 0.0729. The van der Waals surface area contributed by atoms with E-state index in [9.17, 15) is 0 Å². The average Bonchev–Trinajstić information content (AvgIpc) is 2.85. The molecule has 2 rings (SSSR count). The minimum atomic E-state index is 0.0729. The van der Waals surface area contributed by atoms with E-state index in [4.69, 9.17) is 16.3 Å². The molecule has 1 aliphatic rings. The Hall–Kier alpha value is -0.530. The number of hydrogen-bond acceptors (Lipinski definition) is 1. The first-order valence-electron chi connectivity index (χ1n) is 7.30. The van der Waals surface area contributed by atoms with Crippen LogP contribution in [0.4, 0.5) is 0 Å². The first-order valence-corrected chi connectivity index (χ1v) is 7.74. The van der Waals surface area contributed by atoms with Gasteiger partial charge in [-0.15, -0.1) is 11.6 Å². The van der Waals surface area contributed by atoms with Crippen LogP contribution in [0.3, 0.4) is 0 Å². The molecule has 19 heavy (non-hydrogen) atoms. The van der Waals surface area contributed by atoms with Crippen LogP contribution in [0.1, 0.15) is 57.0 Å². The molecular formula is C17H25ClO. The topological polar surface area (TPSA) is 9.23 Å². The summed E-state index contributed by atoms with van der Waals surface area (Å²) in [6.45, 7) is 9.71. The fraction of sp³-hybridized carbons (Fsp3) is 0.647. The van der Waals surface area contributed by atoms with Crippen LogP contribution in [-0.2, 0) is 10.2 Å². The summed E-state index contributed by atoms with van der Waals surface area (Å²) in [4.78, 5) is 0. The highest BCUT2D eigenvalue weighted by Crippen LogP contribution is 2.37. The second-order valence-electron chi connectivity index (χ2n) is 6.40. The molecule has 1 saturated heterocycles. The van der Waals surface area contributed by atoms with E-state index >= 15 is 0 Å². The first kappa shape index (κ1) is 14.9. The summed E-state index contributed by atoms with van der Waals surface area (Å²) >= 11 is 6.60.